The van der Waals surface area contributed by atoms with Gasteiger partial charge in [0.2, 0.25) is 0 Å². The first-order valence-electron chi connectivity index (χ1n) is 9.88. The Morgan fingerprint density at radius 1 is 1.08 bits per heavy atom. The summed E-state index contributed by atoms with van der Waals surface area (Å²) in [6.45, 7) is 4.69. The number of anilines is 1. The molecule has 25 heavy (non-hydrogen) atoms. The Morgan fingerprint density at radius 3 is 2.72 bits per heavy atom. The summed E-state index contributed by atoms with van der Waals surface area (Å²) in [5.41, 5.74) is 1.70. The van der Waals surface area contributed by atoms with Gasteiger partial charge in [-0.15, -0.1) is 0 Å². The van der Waals surface area contributed by atoms with Crippen molar-refractivity contribution in [3.8, 4) is 0 Å². The Labute approximate surface area is 150 Å². The van der Waals surface area contributed by atoms with E-state index in [0.717, 1.165) is 44.1 Å². The number of fused-ring (bicyclic) bond motifs is 1. The second kappa shape index (κ2) is 7.60. The molecule has 5 heteroatoms. The molecule has 138 valence electrons. The molecule has 4 rings (SSSR count). The molecular weight excluding hydrogens is 317 g/mol. The topological polar surface area (TPSA) is 38.7 Å². The van der Waals surface area contributed by atoms with Crippen LogP contribution < -0.4 is 10.2 Å². The molecule has 1 aromatic carbocycles. The summed E-state index contributed by atoms with van der Waals surface area (Å²) in [5, 5.41) is 13.2. The van der Waals surface area contributed by atoms with Gasteiger partial charge in [0, 0.05) is 31.7 Å². The number of benzene rings is 1. The molecular formula is C20H30FN3O. The van der Waals surface area contributed by atoms with Gasteiger partial charge in [0.1, 0.15) is 5.82 Å². The van der Waals surface area contributed by atoms with Gasteiger partial charge in [-0.1, -0.05) is 6.07 Å². The third kappa shape index (κ3) is 3.99. The number of nitrogens with zero attached hydrogens (tertiary/aromatic N) is 2. The largest absolute Gasteiger partial charge is 0.393 e. The van der Waals surface area contributed by atoms with Crippen LogP contribution in [0.25, 0.3) is 0 Å². The maximum Gasteiger partial charge on any atom is 0.146 e. The summed E-state index contributed by atoms with van der Waals surface area (Å²) >= 11 is 0. The van der Waals surface area contributed by atoms with Gasteiger partial charge in [-0.2, -0.15) is 0 Å². The normalized spacial score (nSPS) is 28.3. The van der Waals surface area contributed by atoms with Crippen molar-refractivity contribution in [3.05, 3.63) is 29.6 Å². The van der Waals surface area contributed by atoms with Crippen molar-refractivity contribution in [3.63, 3.8) is 0 Å². The fourth-order valence-electron chi connectivity index (χ4n) is 4.70. The van der Waals surface area contributed by atoms with E-state index in [0.29, 0.717) is 11.7 Å². The summed E-state index contributed by atoms with van der Waals surface area (Å²) in [5.74, 6) is -0.138. The van der Waals surface area contributed by atoms with E-state index in [2.05, 4.69) is 15.1 Å². The van der Waals surface area contributed by atoms with E-state index in [1.807, 2.05) is 12.1 Å². The first-order chi connectivity index (χ1) is 12.2. The molecule has 4 nitrogen and oxygen atoms in total. The van der Waals surface area contributed by atoms with Crippen molar-refractivity contribution in [2.45, 2.75) is 63.3 Å². The zero-order chi connectivity index (χ0) is 17.2. The molecule has 0 spiro atoms. The smallest absolute Gasteiger partial charge is 0.146 e. The van der Waals surface area contributed by atoms with Gasteiger partial charge in [-0.05, 0) is 69.3 Å². The van der Waals surface area contributed by atoms with Crippen LogP contribution in [0.4, 0.5) is 10.1 Å². The van der Waals surface area contributed by atoms with Crippen molar-refractivity contribution in [2.24, 2.45) is 0 Å². The van der Waals surface area contributed by atoms with Crippen molar-refractivity contribution in [1.82, 2.24) is 10.2 Å². The van der Waals surface area contributed by atoms with E-state index in [4.69, 9.17) is 0 Å². The Hall–Kier alpha value is -1.17. The van der Waals surface area contributed by atoms with Crippen LogP contribution in [0, 0.1) is 5.82 Å². The molecule has 3 heterocycles. The number of nitrogens with one attached hydrogen (secondary N) is 1. The summed E-state index contributed by atoms with van der Waals surface area (Å²) in [6, 6.07) is 6.95. The third-order valence-corrected chi connectivity index (χ3v) is 6.23. The van der Waals surface area contributed by atoms with Gasteiger partial charge in [-0.25, -0.2) is 4.39 Å². The number of aliphatic hydroxyl groups is 1. The summed E-state index contributed by atoms with van der Waals surface area (Å²) in [7, 11) is 0. The average molecular weight is 347 g/mol. The fraction of sp³-hybridized carbons (Fsp3) is 0.700. The minimum absolute atomic E-state index is 0.138. The van der Waals surface area contributed by atoms with Crippen LogP contribution >= 0.6 is 0 Å². The molecule has 1 aromatic rings. The van der Waals surface area contributed by atoms with Gasteiger partial charge in [0.05, 0.1) is 11.8 Å². The van der Waals surface area contributed by atoms with E-state index in [1.54, 1.807) is 6.07 Å². The van der Waals surface area contributed by atoms with E-state index < -0.39 is 0 Å². The van der Waals surface area contributed by atoms with Crippen molar-refractivity contribution in [2.75, 3.05) is 31.1 Å². The van der Waals surface area contributed by atoms with Crippen LogP contribution in [0.1, 0.15) is 44.1 Å². The van der Waals surface area contributed by atoms with Gasteiger partial charge in [-0.3, -0.25) is 0 Å². The number of rotatable bonds is 4. The van der Waals surface area contributed by atoms with Crippen molar-refractivity contribution >= 4 is 5.69 Å². The Bertz CT molecular complexity index is 588. The molecule has 3 saturated heterocycles. The molecule has 0 aliphatic carbocycles. The molecule has 2 unspecified atom stereocenters. The standard InChI is InChI=1S/C20H30FN3O/c21-19-12-15(3-4-20(19)24-10-6-18(25)7-11-24)14-22-16-5-9-23-8-1-2-17(23)13-16/h3-4,12,16-18,22,25H,1-2,5-11,13-14H2. The highest BCUT2D eigenvalue weighted by molar-refractivity contribution is 5.49. The molecule has 3 aliphatic heterocycles. The van der Waals surface area contributed by atoms with E-state index in [1.165, 1.54) is 38.8 Å². The van der Waals surface area contributed by atoms with Gasteiger partial charge < -0.3 is 20.2 Å². The van der Waals surface area contributed by atoms with E-state index >= 15 is 0 Å². The van der Waals surface area contributed by atoms with Gasteiger partial charge in [0.15, 0.2) is 0 Å². The maximum absolute atomic E-state index is 14.5. The summed E-state index contributed by atoms with van der Waals surface area (Å²) in [6.07, 6.45) is 6.34. The Kier molecular flexibility index (Phi) is 5.25. The van der Waals surface area contributed by atoms with Crippen LogP contribution in [0.2, 0.25) is 0 Å². The third-order valence-electron chi connectivity index (χ3n) is 6.23. The van der Waals surface area contributed by atoms with E-state index in [-0.39, 0.29) is 11.9 Å². The molecule has 0 saturated carbocycles. The highest BCUT2D eigenvalue weighted by Gasteiger charge is 2.31. The minimum Gasteiger partial charge on any atom is -0.393 e. The molecule has 0 bridgehead atoms. The van der Waals surface area contributed by atoms with Gasteiger partial charge in [0.25, 0.3) is 0 Å². The molecule has 0 aromatic heterocycles. The fourth-order valence-corrected chi connectivity index (χ4v) is 4.70. The highest BCUT2D eigenvalue weighted by Crippen LogP contribution is 2.27. The molecule has 3 aliphatic rings. The zero-order valence-corrected chi connectivity index (χ0v) is 15.0. The quantitative estimate of drug-likeness (QED) is 0.878. The van der Waals surface area contributed by atoms with Crippen molar-refractivity contribution < 1.29 is 9.50 Å². The van der Waals surface area contributed by atoms with Crippen LogP contribution in [0.15, 0.2) is 18.2 Å². The number of piperidine rings is 2. The van der Waals surface area contributed by atoms with Gasteiger partial charge >= 0.3 is 0 Å². The lowest BCUT2D eigenvalue weighted by Crippen LogP contribution is -2.45. The van der Waals surface area contributed by atoms with Crippen molar-refractivity contribution in [1.29, 1.82) is 0 Å². The Morgan fingerprint density at radius 2 is 1.92 bits per heavy atom. The number of aliphatic hydroxyl groups excluding tert-OH is 1. The Balaban J connectivity index is 1.32. The summed E-state index contributed by atoms with van der Waals surface area (Å²) < 4.78 is 14.5. The highest BCUT2D eigenvalue weighted by atomic mass is 19.1. The lowest BCUT2D eigenvalue weighted by molar-refractivity contribution is 0.145. The van der Waals surface area contributed by atoms with Crippen LogP contribution in [-0.4, -0.2) is 54.4 Å². The first-order valence-corrected chi connectivity index (χ1v) is 9.88. The molecule has 2 atom stereocenters. The number of hydrogen-bond donors (Lipinski definition) is 2. The molecule has 3 fully saturated rings. The average Bonchev–Trinajstić information content (AvgIpc) is 3.09. The monoisotopic (exact) mass is 347 g/mol. The zero-order valence-electron chi connectivity index (χ0n) is 15.0. The maximum atomic E-state index is 14.5. The van der Waals surface area contributed by atoms with E-state index in [9.17, 15) is 9.50 Å². The lowest BCUT2D eigenvalue weighted by Gasteiger charge is -2.35. The molecule has 0 radical (unpaired) electrons. The predicted molar refractivity (Wildman–Crippen MR) is 98.3 cm³/mol. The SMILES string of the molecule is OC1CCN(c2ccc(CNC3CCN4CCCC4C3)cc2F)CC1. The number of hydrogen-bond acceptors (Lipinski definition) is 4. The lowest BCUT2D eigenvalue weighted by atomic mass is 9.97. The van der Waals surface area contributed by atoms with Crippen LogP contribution in [0.5, 0.6) is 0 Å². The summed E-state index contributed by atoms with van der Waals surface area (Å²) in [4.78, 5) is 4.68. The second-order valence-electron chi connectivity index (χ2n) is 7.94. The first kappa shape index (κ1) is 17.3. The van der Waals surface area contributed by atoms with Crippen LogP contribution in [-0.2, 0) is 6.54 Å². The molecule has 0 amide bonds. The van der Waals surface area contributed by atoms with Crippen LogP contribution in [0.3, 0.4) is 0 Å². The minimum atomic E-state index is -0.228. The predicted octanol–water partition coefficient (Wildman–Crippen LogP) is 2.50. The number of halogens is 1. The second-order valence-corrected chi connectivity index (χ2v) is 7.94. The molecule has 2 N–H and O–H groups in total.